The molecule has 1 aromatic heterocycles. The highest BCUT2D eigenvalue weighted by atomic mass is 16.5. The Hall–Kier alpha value is -2.63. The molecule has 0 radical (unpaired) electrons. The Morgan fingerprint density at radius 1 is 1.26 bits per heavy atom. The first-order valence-electron chi connectivity index (χ1n) is 5.30. The van der Waals surface area contributed by atoms with E-state index in [1.807, 2.05) is 0 Å². The van der Waals surface area contributed by atoms with Gasteiger partial charge in [-0.3, -0.25) is 4.79 Å². The Balaban J connectivity index is 2.93. The number of ether oxygens (including phenoxy) is 2. The van der Waals surface area contributed by atoms with Gasteiger partial charge in [0, 0.05) is 17.0 Å². The van der Waals surface area contributed by atoms with Crippen LogP contribution in [0, 0.1) is 0 Å². The molecule has 0 spiro atoms. The zero-order valence-electron chi connectivity index (χ0n) is 10.3. The number of hydrogen-bond acceptors (Lipinski definition) is 6. The maximum atomic E-state index is 11.6. The number of carbonyl (C=O) groups is 2. The van der Waals surface area contributed by atoms with Crippen LogP contribution in [0.5, 0.6) is 5.75 Å². The number of esters is 1. The molecule has 2 rings (SSSR count). The molecule has 0 aliphatic carbocycles. The average molecular weight is 262 g/mol. The van der Waals surface area contributed by atoms with Crippen molar-refractivity contribution in [3.8, 4) is 5.75 Å². The normalized spacial score (nSPS) is 10.2. The molecule has 19 heavy (non-hydrogen) atoms. The van der Waals surface area contributed by atoms with Gasteiger partial charge in [0.25, 0.3) is 0 Å². The summed E-state index contributed by atoms with van der Waals surface area (Å²) in [5.74, 6) is -0.495. The molecule has 98 valence electrons. The summed E-state index contributed by atoms with van der Waals surface area (Å²) in [5, 5.41) is 0.285. The summed E-state index contributed by atoms with van der Waals surface area (Å²) in [5.41, 5.74) is -0.287. The van der Waals surface area contributed by atoms with Gasteiger partial charge in [-0.15, -0.1) is 0 Å². The summed E-state index contributed by atoms with van der Waals surface area (Å²) in [6.45, 7) is 0. The minimum Gasteiger partial charge on any atom is -0.493 e. The van der Waals surface area contributed by atoms with Crippen molar-refractivity contribution in [3.63, 3.8) is 0 Å². The quantitative estimate of drug-likeness (QED) is 0.472. The minimum absolute atomic E-state index is 0.0238. The van der Waals surface area contributed by atoms with Gasteiger partial charge in [-0.1, -0.05) is 0 Å². The van der Waals surface area contributed by atoms with E-state index >= 15 is 0 Å². The van der Waals surface area contributed by atoms with E-state index in [9.17, 15) is 14.4 Å². The van der Waals surface area contributed by atoms with E-state index < -0.39 is 11.6 Å². The van der Waals surface area contributed by atoms with Gasteiger partial charge in [-0.25, -0.2) is 9.59 Å². The van der Waals surface area contributed by atoms with Crippen molar-refractivity contribution in [2.45, 2.75) is 0 Å². The summed E-state index contributed by atoms with van der Waals surface area (Å²) in [4.78, 5) is 34.0. The fraction of sp³-hybridized carbons (Fsp3) is 0.154. The van der Waals surface area contributed by atoms with Crippen LogP contribution in [0.3, 0.4) is 0 Å². The lowest BCUT2D eigenvalue weighted by Gasteiger charge is -2.08. The number of rotatable bonds is 3. The molecule has 6 heteroatoms. The molecule has 6 nitrogen and oxygen atoms in total. The van der Waals surface area contributed by atoms with Crippen LogP contribution in [0.15, 0.2) is 27.4 Å². The van der Waals surface area contributed by atoms with Gasteiger partial charge in [0.05, 0.1) is 19.8 Å². The monoisotopic (exact) mass is 262 g/mol. The van der Waals surface area contributed by atoms with Crippen LogP contribution < -0.4 is 10.4 Å². The van der Waals surface area contributed by atoms with E-state index in [2.05, 4.69) is 4.74 Å². The molecule has 0 bridgehead atoms. The molecule has 0 amide bonds. The van der Waals surface area contributed by atoms with Gasteiger partial charge < -0.3 is 13.9 Å². The highest BCUT2D eigenvalue weighted by Crippen LogP contribution is 2.28. The van der Waals surface area contributed by atoms with E-state index in [-0.39, 0.29) is 22.3 Å². The largest absolute Gasteiger partial charge is 0.493 e. The molecule has 1 heterocycles. The third-order valence-electron chi connectivity index (χ3n) is 2.59. The average Bonchev–Trinajstić information content (AvgIpc) is 2.44. The van der Waals surface area contributed by atoms with Crippen molar-refractivity contribution in [1.82, 2.24) is 0 Å². The summed E-state index contributed by atoms with van der Waals surface area (Å²) in [7, 11) is 2.57. The molecule has 2 aromatic rings. The Kier molecular flexibility index (Phi) is 3.33. The van der Waals surface area contributed by atoms with Crippen LogP contribution >= 0.6 is 0 Å². The lowest BCUT2D eigenvalue weighted by molar-refractivity contribution is 0.0602. The first-order chi connectivity index (χ1) is 9.10. The van der Waals surface area contributed by atoms with E-state index in [0.717, 1.165) is 6.07 Å². The molecule has 0 saturated carbocycles. The Bertz CT molecular complexity index is 713. The van der Waals surface area contributed by atoms with Crippen LogP contribution in [-0.4, -0.2) is 26.5 Å². The van der Waals surface area contributed by atoms with E-state index in [1.165, 1.54) is 26.4 Å². The van der Waals surface area contributed by atoms with Crippen LogP contribution in [0.1, 0.15) is 20.7 Å². The highest BCUT2D eigenvalue weighted by molar-refractivity contribution is 6.05. The second-order valence-electron chi connectivity index (χ2n) is 3.69. The van der Waals surface area contributed by atoms with Gasteiger partial charge in [0.2, 0.25) is 0 Å². The molecule has 0 atom stereocenters. The Labute approximate surface area is 107 Å². The topological polar surface area (TPSA) is 82.8 Å². The van der Waals surface area contributed by atoms with Gasteiger partial charge >= 0.3 is 11.6 Å². The maximum absolute atomic E-state index is 11.6. The second kappa shape index (κ2) is 4.93. The van der Waals surface area contributed by atoms with E-state index in [1.54, 1.807) is 0 Å². The number of carbonyl (C=O) groups excluding carboxylic acids is 2. The van der Waals surface area contributed by atoms with Crippen LogP contribution in [-0.2, 0) is 4.74 Å². The van der Waals surface area contributed by atoms with E-state index in [4.69, 9.17) is 9.15 Å². The van der Waals surface area contributed by atoms with Crippen molar-refractivity contribution in [2.24, 2.45) is 0 Å². The lowest BCUT2D eigenvalue weighted by Crippen LogP contribution is -2.09. The van der Waals surface area contributed by atoms with E-state index in [0.29, 0.717) is 11.8 Å². The zero-order chi connectivity index (χ0) is 14.0. The Morgan fingerprint density at radius 3 is 2.58 bits per heavy atom. The third kappa shape index (κ3) is 2.20. The first-order valence-corrected chi connectivity index (χ1v) is 5.30. The van der Waals surface area contributed by atoms with Crippen molar-refractivity contribution in [2.75, 3.05) is 14.2 Å². The van der Waals surface area contributed by atoms with Crippen molar-refractivity contribution in [3.05, 3.63) is 39.7 Å². The van der Waals surface area contributed by atoms with Crippen molar-refractivity contribution < 1.29 is 23.5 Å². The molecular weight excluding hydrogens is 252 g/mol. The summed E-state index contributed by atoms with van der Waals surface area (Å²) < 4.78 is 14.7. The summed E-state index contributed by atoms with van der Waals surface area (Å²) in [6.07, 6.45) is 0.605. The van der Waals surface area contributed by atoms with Crippen LogP contribution in [0.2, 0.25) is 0 Å². The summed E-state index contributed by atoms with van der Waals surface area (Å²) in [6, 6.07) is 3.86. The molecule has 0 saturated heterocycles. The molecule has 0 aliphatic heterocycles. The zero-order valence-corrected chi connectivity index (χ0v) is 10.3. The van der Waals surface area contributed by atoms with Gasteiger partial charge in [-0.05, 0) is 12.1 Å². The smallest absolute Gasteiger partial charge is 0.338 e. The number of methoxy groups -OCH3 is 2. The molecule has 0 N–H and O–H groups in total. The predicted octanol–water partition coefficient (Wildman–Crippen LogP) is 1.40. The fourth-order valence-corrected chi connectivity index (χ4v) is 1.75. The molecule has 0 fully saturated rings. The number of benzene rings is 1. The van der Waals surface area contributed by atoms with Gasteiger partial charge in [0.1, 0.15) is 6.29 Å². The van der Waals surface area contributed by atoms with Crippen LogP contribution in [0.4, 0.5) is 0 Å². The first kappa shape index (κ1) is 12.8. The Morgan fingerprint density at radius 2 is 2.00 bits per heavy atom. The minimum atomic E-state index is -0.704. The third-order valence-corrected chi connectivity index (χ3v) is 2.59. The number of hydrogen-bond donors (Lipinski definition) is 0. The molecule has 0 unspecified atom stereocenters. The molecule has 0 aliphatic rings. The predicted molar refractivity (Wildman–Crippen MR) is 65.8 cm³/mol. The van der Waals surface area contributed by atoms with Gasteiger partial charge in [0.15, 0.2) is 11.3 Å². The maximum Gasteiger partial charge on any atom is 0.338 e. The van der Waals surface area contributed by atoms with Crippen LogP contribution in [0.25, 0.3) is 11.0 Å². The SMILES string of the molecule is COC(=O)c1cc(=O)oc2c(OC)cc(C=O)cc12. The van der Waals surface area contributed by atoms with Gasteiger partial charge in [-0.2, -0.15) is 0 Å². The summed E-state index contributed by atoms with van der Waals surface area (Å²) >= 11 is 0. The van der Waals surface area contributed by atoms with Crippen molar-refractivity contribution in [1.29, 1.82) is 0 Å². The standard InChI is InChI=1S/C13H10O6/c1-17-10-4-7(6-14)3-8-9(13(16)18-2)5-11(15)19-12(8)10/h3-6H,1-2H3. The molecule has 1 aromatic carbocycles. The molecular formula is C13H10O6. The number of aldehydes is 1. The number of fused-ring (bicyclic) bond motifs is 1. The fourth-order valence-electron chi connectivity index (χ4n) is 1.75. The second-order valence-corrected chi connectivity index (χ2v) is 3.69. The highest BCUT2D eigenvalue weighted by Gasteiger charge is 2.17. The van der Waals surface area contributed by atoms with Crippen molar-refractivity contribution >= 4 is 23.2 Å². The lowest BCUT2D eigenvalue weighted by atomic mass is 10.1.